The number of benzene rings is 3. The van der Waals surface area contributed by atoms with E-state index < -0.39 is 11.9 Å². The number of esters is 1. The minimum Gasteiger partial charge on any atom is -0.494 e. The Labute approximate surface area is 208 Å². The molecule has 3 aromatic carbocycles. The van der Waals surface area contributed by atoms with Crippen LogP contribution in [0.3, 0.4) is 0 Å². The van der Waals surface area contributed by atoms with E-state index in [1.54, 1.807) is 18.2 Å². The van der Waals surface area contributed by atoms with Crippen molar-refractivity contribution in [2.75, 3.05) is 6.61 Å². The molecule has 2 heterocycles. The molecule has 1 aromatic heterocycles. The van der Waals surface area contributed by atoms with E-state index in [4.69, 9.17) is 24.4 Å². The summed E-state index contributed by atoms with van der Waals surface area (Å²) in [7, 11) is 0. The zero-order valence-corrected chi connectivity index (χ0v) is 20.1. The van der Waals surface area contributed by atoms with Gasteiger partial charge in [0.05, 0.1) is 12.5 Å². The van der Waals surface area contributed by atoms with Crippen LogP contribution >= 0.6 is 0 Å². The second kappa shape index (κ2) is 9.16. The Morgan fingerprint density at radius 2 is 1.89 bits per heavy atom. The van der Waals surface area contributed by atoms with Gasteiger partial charge in [0.2, 0.25) is 11.6 Å². The molecule has 0 radical (unpaired) electrons. The van der Waals surface area contributed by atoms with Gasteiger partial charge in [-0.3, -0.25) is 0 Å². The number of hydrogen-bond acceptors (Lipinski definition) is 7. The Morgan fingerprint density at radius 3 is 2.67 bits per heavy atom. The lowest BCUT2D eigenvalue weighted by atomic mass is 9.83. The van der Waals surface area contributed by atoms with Crippen LogP contribution in [0.15, 0.2) is 76.5 Å². The molecule has 7 heteroatoms. The third-order valence-corrected chi connectivity index (χ3v) is 6.21. The molecule has 2 N–H and O–H groups in total. The summed E-state index contributed by atoms with van der Waals surface area (Å²) in [5.41, 5.74) is 10.3. The highest BCUT2D eigenvalue weighted by atomic mass is 16.5. The molecule has 0 saturated heterocycles. The van der Waals surface area contributed by atoms with E-state index in [1.807, 2.05) is 63.2 Å². The molecule has 5 rings (SSSR count). The number of para-hydroxylation sites is 1. The van der Waals surface area contributed by atoms with Gasteiger partial charge in [0.1, 0.15) is 34.5 Å². The molecule has 7 nitrogen and oxygen atoms in total. The number of nitrogens with zero attached hydrogens (tertiary/aromatic N) is 1. The van der Waals surface area contributed by atoms with E-state index in [-0.39, 0.29) is 23.0 Å². The number of fused-ring (bicyclic) bond motifs is 2. The van der Waals surface area contributed by atoms with E-state index in [9.17, 15) is 10.1 Å². The van der Waals surface area contributed by atoms with E-state index in [0.29, 0.717) is 34.8 Å². The Hall–Kier alpha value is -4.70. The number of nitrogens with two attached hydrogens (primary N) is 1. The molecule has 0 bridgehead atoms. The van der Waals surface area contributed by atoms with Gasteiger partial charge in [-0.05, 0) is 45.0 Å². The quantitative estimate of drug-likeness (QED) is 0.280. The number of ether oxygens (including phenoxy) is 3. The van der Waals surface area contributed by atoms with Gasteiger partial charge in [-0.25, -0.2) is 4.79 Å². The van der Waals surface area contributed by atoms with E-state index in [0.717, 1.165) is 16.5 Å². The van der Waals surface area contributed by atoms with Gasteiger partial charge in [0.25, 0.3) is 0 Å². The number of nitriles is 1. The summed E-state index contributed by atoms with van der Waals surface area (Å²) >= 11 is 0. The summed E-state index contributed by atoms with van der Waals surface area (Å²) in [6.07, 6.45) is 0. The monoisotopic (exact) mass is 480 g/mol. The van der Waals surface area contributed by atoms with Crippen molar-refractivity contribution >= 4 is 16.9 Å². The normalized spacial score (nSPS) is 14.7. The van der Waals surface area contributed by atoms with E-state index in [1.165, 1.54) is 0 Å². The number of allylic oxidation sites excluding steroid dienone is 1. The predicted octanol–water partition coefficient (Wildman–Crippen LogP) is 5.89. The first kappa shape index (κ1) is 23.1. The minimum absolute atomic E-state index is 0.00623. The lowest BCUT2D eigenvalue weighted by Crippen LogP contribution is -2.21. The first-order valence-electron chi connectivity index (χ1n) is 11.6. The van der Waals surface area contributed by atoms with Crippen LogP contribution in [0.25, 0.3) is 11.0 Å². The average Bonchev–Trinajstić information content (AvgIpc) is 3.19. The fourth-order valence-corrected chi connectivity index (χ4v) is 4.51. The number of furan rings is 1. The second-order valence-corrected chi connectivity index (χ2v) is 8.54. The van der Waals surface area contributed by atoms with Crippen LogP contribution in [-0.2, 0) is 0 Å². The molecule has 0 saturated carbocycles. The predicted molar refractivity (Wildman–Crippen MR) is 134 cm³/mol. The van der Waals surface area contributed by atoms with Gasteiger partial charge in [0, 0.05) is 28.1 Å². The number of rotatable bonds is 5. The van der Waals surface area contributed by atoms with Gasteiger partial charge >= 0.3 is 5.97 Å². The Kier molecular flexibility index (Phi) is 5.87. The maximum atomic E-state index is 13.0. The SMILES string of the molecule is CCOc1ccccc1C1C(C#N)=C(N)Oc2cc(OC(=O)c3oc4ccc(C)cc4c3C)ccc21. The van der Waals surface area contributed by atoms with Gasteiger partial charge in [-0.1, -0.05) is 35.9 Å². The van der Waals surface area contributed by atoms with E-state index >= 15 is 0 Å². The molecule has 0 spiro atoms. The Bertz CT molecular complexity index is 1570. The number of hydrogen-bond donors (Lipinski definition) is 1. The van der Waals surface area contributed by atoms with Crippen molar-refractivity contribution < 1.29 is 23.4 Å². The lowest BCUT2D eigenvalue weighted by Gasteiger charge is -2.27. The van der Waals surface area contributed by atoms with Gasteiger partial charge < -0.3 is 24.4 Å². The summed E-state index contributed by atoms with van der Waals surface area (Å²) in [6.45, 7) is 6.18. The molecule has 180 valence electrons. The summed E-state index contributed by atoms with van der Waals surface area (Å²) in [5.74, 6) is 0.343. The van der Waals surface area contributed by atoms with Crippen LogP contribution in [0.5, 0.6) is 17.2 Å². The molecule has 1 aliphatic rings. The maximum Gasteiger partial charge on any atom is 0.379 e. The standard InChI is InChI=1S/C29H24N2O5/c1-4-33-23-8-6-5-7-19(23)26-20-11-10-18(14-25(20)36-28(31)22(26)15-30)34-29(32)27-17(3)21-13-16(2)9-12-24(21)35-27/h5-14,26H,4,31H2,1-3H3. The van der Waals surface area contributed by atoms with Gasteiger partial charge in [-0.15, -0.1) is 0 Å². The fraction of sp³-hybridized carbons (Fsp3) is 0.172. The first-order valence-corrected chi connectivity index (χ1v) is 11.6. The topological polar surface area (TPSA) is 108 Å². The highest BCUT2D eigenvalue weighted by molar-refractivity contribution is 5.97. The summed E-state index contributed by atoms with van der Waals surface area (Å²) in [4.78, 5) is 13.0. The molecule has 0 aliphatic carbocycles. The lowest BCUT2D eigenvalue weighted by molar-refractivity contribution is 0.0702. The van der Waals surface area contributed by atoms with Crippen LogP contribution in [0.2, 0.25) is 0 Å². The Balaban J connectivity index is 1.51. The largest absolute Gasteiger partial charge is 0.494 e. The zero-order valence-electron chi connectivity index (χ0n) is 20.1. The molecule has 1 atom stereocenters. The average molecular weight is 481 g/mol. The van der Waals surface area contributed by atoms with Crippen LogP contribution in [0.4, 0.5) is 0 Å². The van der Waals surface area contributed by atoms with Gasteiger partial charge in [0.15, 0.2) is 0 Å². The molecule has 0 fully saturated rings. The van der Waals surface area contributed by atoms with Crippen molar-refractivity contribution in [3.05, 3.63) is 100 Å². The molecular formula is C29H24N2O5. The highest BCUT2D eigenvalue weighted by Gasteiger charge is 2.33. The smallest absolute Gasteiger partial charge is 0.379 e. The fourth-order valence-electron chi connectivity index (χ4n) is 4.51. The molecule has 0 amide bonds. The van der Waals surface area contributed by atoms with Gasteiger partial charge in [-0.2, -0.15) is 5.26 Å². The summed E-state index contributed by atoms with van der Waals surface area (Å²) < 4.78 is 23.0. The molecule has 1 aliphatic heterocycles. The van der Waals surface area contributed by atoms with Crippen LogP contribution in [-0.4, -0.2) is 12.6 Å². The van der Waals surface area contributed by atoms with Crippen molar-refractivity contribution in [3.63, 3.8) is 0 Å². The number of carbonyl (C=O) groups is 1. The third kappa shape index (κ3) is 3.93. The van der Waals surface area contributed by atoms with Crippen molar-refractivity contribution in [2.45, 2.75) is 26.7 Å². The highest BCUT2D eigenvalue weighted by Crippen LogP contribution is 2.46. The van der Waals surface area contributed by atoms with E-state index in [2.05, 4.69) is 6.07 Å². The summed E-state index contributed by atoms with van der Waals surface area (Å²) in [5, 5.41) is 10.7. The summed E-state index contributed by atoms with van der Waals surface area (Å²) in [6, 6.07) is 20.4. The maximum absolute atomic E-state index is 13.0. The van der Waals surface area contributed by atoms with Crippen molar-refractivity contribution in [1.82, 2.24) is 0 Å². The molecule has 4 aromatic rings. The van der Waals surface area contributed by atoms with Crippen molar-refractivity contribution in [2.24, 2.45) is 5.73 Å². The van der Waals surface area contributed by atoms with Crippen LogP contribution in [0.1, 0.15) is 45.7 Å². The van der Waals surface area contributed by atoms with Crippen molar-refractivity contribution in [3.8, 4) is 23.3 Å². The minimum atomic E-state index is -0.614. The number of carbonyl (C=O) groups excluding carboxylic acids is 1. The molecular weight excluding hydrogens is 456 g/mol. The van der Waals surface area contributed by atoms with Crippen molar-refractivity contribution in [1.29, 1.82) is 5.26 Å². The second-order valence-electron chi connectivity index (χ2n) is 8.54. The zero-order chi connectivity index (χ0) is 25.4. The molecule has 36 heavy (non-hydrogen) atoms. The van der Waals surface area contributed by atoms with Crippen LogP contribution in [0, 0.1) is 25.2 Å². The third-order valence-electron chi connectivity index (χ3n) is 6.21. The Morgan fingerprint density at radius 1 is 1.08 bits per heavy atom. The molecule has 1 unspecified atom stereocenters. The number of aryl methyl sites for hydroxylation is 2. The first-order chi connectivity index (χ1) is 17.4. The van der Waals surface area contributed by atoms with Crippen LogP contribution < -0.4 is 19.9 Å².